The first-order valence-electron chi connectivity index (χ1n) is 4.25. The molecule has 4 heteroatoms. The van der Waals surface area contributed by atoms with Crippen LogP contribution in [0.3, 0.4) is 0 Å². The monoisotopic (exact) mass is 180 g/mol. The van der Waals surface area contributed by atoms with Gasteiger partial charge < -0.3 is 9.64 Å². The van der Waals surface area contributed by atoms with E-state index < -0.39 is 0 Å². The minimum atomic E-state index is 0.591. The molecule has 0 fully saturated rings. The Kier molecular flexibility index (Phi) is 4.18. The Hall–Kier alpha value is -1.16. The molecule has 0 aliphatic rings. The molecule has 1 aromatic rings. The lowest BCUT2D eigenvalue weighted by Crippen LogP contribution is -2.15. The van der Waals surface area contributed by atoms with Crippen molar-refractivity contribution < 1.29 is 4.74 Å². The highest BCUT2D eigenvalue weighted by atomic mass is 16.5. The summed E-state index contributed by atoms with van der Waals surface area (Å²) in [5.41, 5.74) is 0. The molecule has 0 unspecified atom stereocenters. The zero-order chi connectivity index (χ0) is 9.52. The molecule has 0 N–H and O–H groups in total. The highest BCUT2D eigenvalue weighted by Gasteiger charge is 1.94. The first-order chi connectivity index (χ1) is 6.29. The van der Waals surface area contributed by atoms with Crippen LogP contribution in [0.5, 0.6) is 5.88 Å². The van der Waals surface area contributed by atoms with Gasteiger partial charge in [-0.05, 0) is 20.5 Å². The molecule has 0 aliphatic carbocycles. The van der Waals surface area contributed by atoms with E-state index in [1.165, 1.54) is 0 Å². The van der Waals surface area contributed by atoms with Crippen LogP contribution in [0.4, 0.5) is 0 Å². The van der Waals surface area contributed by atoms with E-state index >= 15 is 0 Å². The van der Waals surface area contributed by atoms with Crippen molar-refractivity contribution in [3.63, 3.8) is 0 Å². The maximum absolute atomic E-state index is 5.35. The van der Waals surface area contributed by atoms with Crippen molar-refractivity contribution in [1.29, 1.82) is 0 Å². The van der Waals surface area contributed by atoms with Gasteiger partial charge in [-0.15, -0.1) is 0 Å². The number of ether oxygens (including phenoxy) is 1. The van der Waals surface area contributed by atoms with E-state index in [4.69, 9.17) is 4.74 Å². The summed E-state index contributed by atoms with van der Waals surface area (Å²) in [5.74, 6) is 0.591. The fourth-order valence-electron chi connectivity index (χ4n) is 0.888. The highest BCUT2D eigenvalue weighted by Crippen LogP contribution is 2.01. The largest absolute Gasteiger partial charge is 0.478 e. The first kappa shape index (κ1) is 9.92. The fourth-order valence-corrected chi connectivity index (χ4v) is 0.888. The van der Waals surface area contributed by atoms with Gasteiger partial charge in [0, 0.05) is 18.8 Å². The topological polar surface area (TPSA) is 38.2 Å². The van der Waals surface area contributed by atoms with Crippen LogP contribution < -0.4 is 4.74 Å². The van der Waals surface area contributed by atoms with Crippen molar-refractivity contribution in [2.45, 2.75) is 6.42 Å². The summed E-state index contributed by atoms with van der Waals surface area (Å²) < 4.78 is 5.35. The number of hydrogen-bond acceptors (Lipinski definition) is 4. The molecular weight excluding hydrogens is 166 g/mol. The number of nitrogens with zero attached hydrogens (tertiary/aromatic N) is 3. The third kappa shape index (κ3) is 4.42. The molecule has 13 heavy (non-hydrogen) atoms. The number of rotatable bonds is 5. The van der Waals surface area contributed by atoms with Gasteiger partial charge in [-0.3, -0.25) is 0 Å². The molecular formula is C9H14N3O. The Morgan fingerprint density at radius 2 is 2.38 bits per heavy atom. The van der Waals surface area contributed by atoms with Crippen LogP contribution in [0.1, 0.15) is 6.42 Å². The minimum absolute atomic E-state index is 0.591. The normalized spacial score (nSPS) is 10.4. The lowest BCUT2D eigenvalue weighted by molar-refractivity contribution is 0.272. The van der Waals surface area contributed by atoms with E-state index in [-0.39, 0.29) is 0 Å². The van der Waals surface area contributed by atoms with Crippen molar-refractivity contribution in [2.75, 3.05) is 27.2 Å². The zero-order valence-corrected chi connectivity index (χ0v) is 8.03. The molecule has 0 atom stereocenters. The van der Waals surface area contributed by atoms with E-state index in [0.29, 0.717) is 12.5 Å². The van der Waals surface area contributed by atoms with Gasteiger partial charge in [-0.25, -0.2) is 4.98 Å². The second-order valence-corrected chi connectivity index (χ2v) is 3.00. The predicted octanol–water partition coefficient (Wildman–Crippen LogP) is 0.607. The maximum Gasteiger partial charge on any atom is 0.216 e. The van der Waals surface area contributed by atoms with E-state index in [1.807, 2.05) is 14.1 Å². The molecule has 0 aromatic carbocycles. The van der Waals surface area contributed by atoms with Crippen LogP contribution in [0, 0.1) is 6.33 Å². The van der Waals surface area contributed by atoms with E-state index in [1.54, 1.807) is 12.3 Å². The standard InChI is InChI=1S/C9H14N3O/c1-12(2)6-3-7-13-9-4-5-10-8-11-9/h4-5H,3,6-7H2,1-2H3. The Labute approximate surface area is 78.6 Å². The van der Waals surface area contributed by atoms with Crippen LogP contribution in [0.25, 0.3) is 0 Å². The summed E-state index contributed by atoms with van der Waals surface area (Å²) >= 11 is 0. The van der Waals surface area contributed by atoms with E-state index in [2.05, 4.69) is 21.2 Å². The van der Waals surface area contributed by atoms with Gasteiger partial charge in [0.15, 0.2) is 0 Å². The van der Waals surface area contributed by atoms with Crippen molar-refractivity contribution in [1.82, 2.24) is 14.9 Å². The predicted molar refractivity (Wildman–Crippen MR) is 49.5 cm³/mol. The van der Waals surface area contributed by atoms with Gasteiger partial charge in [0.2, 0.25) is 12.2 Å². The highest BCUT2D eigenvalue weighted by molar-refractivity contribution is 5.03. The molecule has 4 nitrogen and oxygen atoms in total. The lowest BCUT2D eigenvalue weighted by atomic mass is 10.4. The number of aromatic nitrogens is 2. The van der Waals surface area contributed by atoms with Gasteiger partial charge in [0.05, 0.1) is 6.61 Å². The van der Waals surface area contributed by atoms with Crippen LogP contribution in [-0.4, -0.2) is 42.1 Å². The van der Waals surface area contributed by atoms with Gasteiger partial charge in [-0.1, -0.05) is 0 Å². The van der Waals surface area contributed by atoms with Gasteiger partial charge >= 0.3 is 0 Å². The quantitative estimate of drug-likeness (QED) is 0.622. The third-order valence-corrected chi connectivity index (χ3v) is 1.51. The zero-order valence-electron chi connectivity index (χ0n) is 8.03. The van der Waals surface area contributed by atoms with Crippen LogP contribution in [-0.2, 0) is 0 Å². The molecule has 0 saturated heterocycles. The summed E-state index contributed by atoms with van der Waals surface area (Å²) in [6.45, 7) is 1.71. The van der Waals surface area contributed by atoms with Crippen molar-refractivity contribution in [3.8, 4) is 5.88 Å². The molecule has 0 bridgehead atoms. The molecule has 0 spiro atoms. The second kappa shape index (κ2) is 5.48. The SMILES string of the molecule is CN(C)CCCOc1ccn[c]n1. The van der Waals surface area contributed by atoms with Gasteiger partial charge in [0.25, 0.3) is 0 Å². The summed E-state index contributed by atoms with van der Waals surface area (Å²) in [5, 5.41) is 0. The second-order valence-electron chi connectivity index (χ2n) is 3.00. The third-order valence-electron chi connectivity index (χ3n) is 1.51. The molecule has 0 saturated carbocycles. The maximum atomic E-state index is 5.35. The van der Waals surface area contributed by atoms with Gasteiger partial charge in [0.1, 0.15) is 0 Å². The molecule has 0 aliphatic heterocycles. The Morgan fingerprint density at radius 1 is 1.54 bits per heavy atom. The van der Waals surface area contributed by atoms with Crippen LogP contribution >= 0.6 is 0 Å². The molecule has 0 amide bonds. The minimum Gasteiger partial charge on any atom is -0.478 e. The van der Waals surface area contributed by atoms with Crippen molar-refractivity contribution in [3.05, 3.63) is 18.6 Å². The van der Waals surface area contributed by atoms with Crippen LogP contribution in [0.2, 0.25) is 0 Å². The summed E-state index contributed by atoms with van der Waals surface area (Å²) in [6, 6.07) is 1.73. The molecule has 1 heterocycles. The summed E-state index contributed by atoms with van der Waals surface area (Å²) in [6.07, 6.45) is 5.09. The van der Waals surface area contributed by atoms with E-state index in [9.17, 15) is 0 Å². The summed E-state index contributed by atoms with van der Waals surface area (Å²) in [4.78, 5) is 9.62. The average Bonchev–Trinajstić information content (AvgIpc) is 2.14. The fraction of sp³-hybridized carbons (Fsp3) is 0.556. The smallest absolute Gasteiger partial charge is 0.216 e. The Balaban J connectivity index is 2.13. The average molecular weight is 180 g/mol. The molecule has 1 rings (SSSR count). The van der Waals surface area contributed by atoms with Crippen molar-refractivity contribution in [2.24, 2.45) is 0 Å². The Morgan fingerprint density at radius 3 is 3.00 bits per heavy atom. The van der Waals surface area contributed by atoms with E-state index in [0.717, 1.165) is 13.0 Å². The van der Waals surface area contributed by atoms with Gasteiger partial charge in [-0.2, -0.15) is 4.98 Å². The summed E-state index contributed by atoms with van der Waals surface area (Å²) in [7, 11) is 4.08. The molecule has 1 radical (unpaired) electrons. The first-order valence-corrected chi connectivity index (χ1v) is 4.25. The molecule has 1 aromatic heterocycles. The Bertz CT molecular complexity index is 226. The number of hydrogen-bond donors (Lipinski definition) is 0. The lowest BCUT2D eigenvalue weighted by Gasteiger charge is -2.09. The van der Waals surface area contributed by atoms with Crippen molar-refractivity contribution >= 4 is 0 Å². The molecule has 71 valence electrons. The van der Waals surface area contributed by atoms with Crippen LogP contribution in [0.15, 0.2) is 12.3 Å².